The zero-order valence-electron chi connectivity index (χ0n) is 9.93. The van der Waals surface area contributed by atoms with Gasteiger partial charge in [0.25, 0.3) is 0 Å². The number of ether oxygens (including phenoxy) is 1. The molecule has 1 unspecified atom stereocenters. The minimum absolute atomic E-state index is 0.134. The van der Waals surface area contributed by atoms with Crippen molar-refractivity contribution in [1.82, 2.24) is 0 Å². The predicted octanol–water partition coefficient (Wildman–Crippen LogP) is 3.67. The van der Waals surface area contributed by atoms with Gasteiger partial charge in [0.2, 0.25) is 0 Å². The van der Waals surface area contributed by atoms with Crippen LogP contribution in [0.3, 0.4) is 0 Å². The summed E-state index contributed by atoms with van der Waals surface area (Å²) >= 11 is 0. The van der Waals surface area contributed by atoms with E-state index in [0.29, 0.717) is 6.61 Å². The summed E-state index contributed by atoms with van der Waals surface area (Å²) in [5.41, 5.74) is -0.134. The summed E-state index contributed by atoms with van der Waals surface area (Å²) in [6.45, 7) is 3.68. The second-order valence-corrected chi connectivity index (χ2v) is 4.71. The van der Waals surface area contributed by atoms with E-state index in [-0.39, 0.29) is 5.41 Å². The molecule has 0 aromatic rings. The van der Waals surface area contributed by atoms with Gasteiger partial charge in [-0.1, -0.05) is 45.4 Å². The molecule has 0 radical (unpaired) electrons. The smallest absolute Gasteiger partial charge is 0.0828 e. The van der Waals surface area contributed by atoms with Gasteiger partial charge < -0.3 is 4.74 Å². The average Bonchev–Trinajstić information content (AvgIpc) is 2.73. The Morgan fingerprint density at radius 2 is 1.93 bits per heavy atom. The zero-order chi connectivity index (χ0) is 11.0. The van der Waals surface area contributed by atoms with Crippen molar-refractivity contribution in [3.8, 4) is 6.07 Å². The third-order valence-electron chi connectivity index (χ3n) is 3.35. The van der Waals surface area contributed by atoms with Crippen LogP contribution in [-0.2, 0) is 4.74 Å². The van der Waals surface area contributed by atoms with Crippen LogP contribution in [0.5, 0.6) is 0 Å². The lowest BCUT2D eigenvalue weighted by Gasteiger charge is -2.17. The highest BCUT2D eigenvalue weighted by atomic mass is 16.5. The van der Waals surface area contributed by atoms with E-state index in [1.165, 1.54) is 38.5 Å². The fourth-order valence-electron chi connectivity index (χ4n) is 2.19. The Morgan fingerprint density at radius 1 is 1.20 bits per heavy atom. The highest BCUT2D eigenvalue weighted by molar-refractivity contribution is 5.01. The quantitative estimate of drug-likeness (QED) is 0.599. The molecule has 1 aliphatic heterocycles. The van der Waals surface area contributed by atoms with E-state index in [1.54, 1.807) is 0 Å². The normalized spacial score (nSPS) is 25.3. The number of nitrogens with zero attached hydrogens (tertiary/aromatic N) is 1. The number of rotatable bonds is 7. The first-order chi connectivity index (χ1) is 7.33. The van der Waals surface area contributed by atoms with Crippen molar-refractivity contribution in [3.63, 3.8) is 0 Å². The monoisotopic (exact) mass is 209 g/mol. The van der Waals surface area contributed by atoms with Gasteiger partial charge in [-0.15, -0.1) is 0 Å². The second-order valence-electron chi connectivity index (χ2n) is 4.71. The Balaban J connectivity index is 2.06. The minimum Gasteiger partial charge on any atom is -0.380 e. The Hall–Kier alpha value is -0.550. The molecule has 0 aromatic carbocycles. The molecule has 0 aromatic heterocycles. The summed E-state index contributed by atoms with van der Waals surface area (Å²) in [6.07, 6.45) is 9.80. The molecule has 1 aliphatic rings. The summed E-state index contributed by atoms with van der Waals surface area (Å²) < 4.78 is 5.32. The van der Waals surface area contributed by atoms with Crippen molar-refractivity contribution in [1.29, 1.82) is 5.26 Å². The van der Waals surface area contributed by atoms with Crippen LogP contribution in [0.4, 0.5) is 0 Å². The van der Waals surface area contributed by atoms with Crippen molar-refractivity contribution in [2.24, 2.45) is 5.41 Å². The number of hydrogen-bond acceptors (Lipinski definition) is 2. The van der Waals surface area contributed by atoms with Crippen LogP contribution in [0.1, 0.15) is 58.3 Å². The van der Waals surface area contributed by atoms with Gasteiger partial charge in [0.1, 0.15) is 0 Å². The third-order valence-corrected chi connectivity index (χ3v) is 3.35. The molecule has 0 saturated carbocycles. The van der Waals surface area contributed by atoms with Crippen LogP contribution in [0.25, 0.3) is 0 Å². The lowest BCUT2D eigenvalue weighted by molar-refractivity contribution is 0.167. The largest absolute Gasteiger partial charge is 0.380 e. The molecule has 1 saturated heterocycles. The van der Waals surface area contributed by atoms with Gasteiger partial charge in [-0.05, 0) is 12.8 Å². The lowest BCUT2D eigenvalue weighted by Crippen LogP contribution is -2.18. The maximum atomic E-state index is 9.13. The fraction of sp³-hybridized carbons (Fsp3) is 0.923. The van der Waals surface area contributed by atoms with Crippen LogP contribution in [0.15, 0.2) is 0 Å². The number of hydrogen-bond donors (Lipinski definition) is 0. The third kappa shape index (κ3) is 4.22. The van der Waals surface area contributed by atoms with E-state index in [2.05, 4.69) is 13.0 Å². The maximum Gasteiger partial charge on any atom is 0.0828 e. The topological polar surface area (TPSA) is 33.0 Å². The number of unbranched alkanes of at least 4 members (excludes halogenated alkanes) is 5. The first kappa shape index (κ1) is 12.5. The number of nitriles is 1. The van der Waals surface area contributed by atoms with Crippen molar-refractivity contribution in [2.45, 2.75) is 58.3 Å². The minimum atomic E-state index is -0.134. The molecule has 2 heteroatoms. The standard InChI is InChI=1S/C13H23NO/c1-2-3-4-5-6-7-8-13(11-14)9-10-15-12-13/h2-10,12H2,1H3. The first-order valence-electron chi connectivity index (χ1n) is 6.32. The SMILES string of the molecule is CCCCCCCCC1(C#N)CCOC1. The van der Waals surface area contributed by atoms with E-state index >= 15 is 0 Å². The molecule has 86 valence electrons. The Morgan fingerprint density at radius 3 is 2.53 bits per heavy atom. The molecule has 0 N–H and O–H groups in total. The Kier molecular flexibility index (Phi) is 5.71. The predicted molar refractivity (Wildman–Crippen MR) is 61.5 cm³/mol. The van der Waals surface area contributed by atoms with Crippen molar-refractivity contribution in [2.75, 3.05) is 13.2 Å². The van der Waals surface area contributed by atoms with Crippen molar-refractivity contribution in [3.05, 3.63) is 0 Å². The summed E-state index contributed by atoms with van der Waals surface area (Å²) in [4.78, 5) is 0. The van der Waals surface area contributed by atoms with Gasteiger partial charge in [-0.2, -0.15) is 5.26 Å². The van der Waals surface area contributed by atoms with E-state index in [0.717, 1.165) is 19.4 Å². The zero-order valence-corrected chi connectivity index (χ0v) is 9.93. The van der Waals surface area contributed by atoms with Crippen LogP contribution in [-0.4, -0.2) is 13.2 Å². The van der Waals surface area contributed by atoms with E-state index in [9.17, 15) is 0 Å². The van der Waals surface area contributed by atoms with Crippen LogP contribution in [0.2, 0.25) is 0 Å². The summed E-state index contributed by atoms with van der Waals surface area (Å²) in [6, 6.07) is 2.45. The van der Waals surface area contributed by atoms with Gasteiger partial charge in [-0.3, -0.25) is 0 Å². The molecular weight excluding hydrogens is 186 g/mol. The maximum absolute atomic E-state index is 9.13. The highest BCUT2D eigenvalue weighted by Gasteiger charge is 2.34. The summed E-state index contributed by atoms with van der Waals surface area (Å²) in [5.74, 6) is 0. The Bertz CT molecular complexity index is 201. The summed E-state index contributed by atoms with van der Waals surface area (Å²) in [7, 11) is 0. The van der Waals surface area contributed by atoms with Crippen molar-refractivity contribution < 1.29 is 4.74 Å². The molecule has 0 bridgehead atoms. The lowest BCUT2D eigenvalue weighted by atomic mass is 9.83. The molecule has 1 rings (SSSR count). The van der Waals surface area contributed by atoms with E-state index in [1.807, 2.05) is 0 Å². The fourth-order valence-corrected chi connectivity index (χ4v) is 2.19. The van der Waals surface area contributed by atoms with Gasteiger partial charge in [0.05, 0.1) is 18.1 Å². The molecule has 0 spiro atoms. The van der Waals surface area contributed by atoms with Gasteiger partial charge in [0.15, 0.2) is 0 Å². The molecule has 1 heterocycles. The van der Waals surface area contributed by atoms with Gasteiger partial charge in [0, 0.05) is 6.61 Å². The molecule has 1 atom stereocenters. The Labute approximate surface area is 93.6 Å². The molecule has 15 heavy (non-hydrogen) atoms. The molecule has 0 aliphatic carbocycles. The second kappa shape index (κ2) is 6.85. The molecule has 0 amide bonds. The summed E-state index contributed by atoms with van der Waals surface area (Å²) in [5, 5.41) is 9.13. The van der Waals surface area contributed by atoms with Gasteiger partial charge in [-0.25, -0.2) is 0 Å². The van der Waals surface area contributed by atoms with E-state index in [4.69, 9.17) is 10.00 Å². The van der Waals surface area contributed by atoms with Gasteiger partial charge >= 0.3 is 0 Å². The average molecular weight is 209 g/mol. The van der Waals surface area contributed by atoms with Crippen LogP contribution >= 0.6 is 0 Å². The molecule has 1 fully saturated rings. The van der Waals surface area contributed by atoms with Crippen LogP contribution < -0.4 is 0 Å². The van der Waals surface area contributed by atoms with E-state index < -0.39 is 0 Å². The van der Waals surface area contributed by atoms with Crippen molar-refractivity contribution >= 4 is 0 Å². The van der Waals surface area contributed by atoms with Crippen LogP contribution in [0, 0.1) is 16.7 Å². The highest BCUT2D eigenvalue weighted by Crippen LogP contribution is 2.33. The molecule has 2 nitrogen and oxygen atoms in total. The molecular formula is C13H23NO. The first-order valence-corrected chi connectivity index (χ1v) is 6.32.